The van der Waals surface area contributed by atoms with Crippen LogP contribution in [0.25, 0.3) is 0 Å². The molecular weight excluding hydrogens is 314 g/mol. The van der Waals surface area contributed by atoms with E-state index in [0.717, 1.165) is 0 Å². The normalized spacial score (nSPS) is 18.4. The monoisotopic (exact) mass is 316 g/mol. The molecule has 0 saturated heterocycles. The Labute approximate surface area is 98.7 Å². The Morgan fingerprint density at radius 3 is 1.35 bits per heavy atom. The van der Waals surface area contributed by atoms with E-state index in [1.807, 2.05) is 0 Å². The van der Waals surface area contributed by atoms with Crippen LogP contribution in [0.3, 0.4) is 0 Å². The molecule has 0 aromatic rings. The average Bonchev–Trinajstić information content (AvgIpc) is 2.13. The Morgan fingerprint density at radius 2 is 1.12 bits per heavy atom. The predicted octanol–water partition coefficient (Wildman–Crippen LogP) is 4.30. The van der Waals surface area contributed by atoms with Crippen molar-refractivity contribution in [3.63, 3.8) is 0 Å². The lowest BCUT2D eigenvalue weighted by Gasteiger charge is -2.33. The van der Waals surface area contributed by atoms with Crippen molar-refractivity contribution in [1.82, 2.24) is 0 Å². The standard InChI is InChI=1S/C6H3Cl2F9/c7-6(8,17)5(15,16)4(13,14)2(10)1(9)3(11)12/h1-3H. The zero-order valence-corrected chi connectivity index (χ0v) is 8.90. The summed E-state index contributed by atoms with van der Waals surface area (Å²) in [5.41, 5.74) is 0. The first kappa shape index (κ1) is 16.9. The summed E-state index contributed by atoms with van der Waals surface area (Å²) in [7, 11) is 0. The molecule has 0 nitrogen and oxygen atoms in total. The summed E-state index contributed by atoms with van der Waals surface area (Å²) in [6, 6.07) is 0. The van der Waals surface area contributed by atoms with Gasteiger partial charge in [0.25, 0.3) is 6.43 Å². The smallest absolute Gasteiger partial charge is 0.238 e. The summed E-state index contributed by atoms with van der Waals surface area (Å²) in [5.74, 6) is -12.2. The van der Waals surface area contributed by atoms with Gasteiger partial charge in [-0.05, 0) is 0 Å². The van der Waals surface area contributed by atoms with Crippen LogP contribution in [0, 0.1) is 0 Å². The third kappa shape index (κ3) is 3.04. The maximum Gasteiger partial charge on any atom is 0.374 e. The largest absolute Gasteiger partial charge is 0.374 e. The zero-order valence-electron chi connectivity index (χ0n) is 7.39. The minimum atomic E-state index is -6.15. The molecule has 2 atom stereocenters. The zero-order chi connectivity index (χ0) is 14.2. The van der Waals surface area contributed by atoms with Crippen molar-refractivity contribution in [1.29, 1.82) is 0 Å². The fourth-order valence-corrected chi connectivity index (χ4v) is 0.942. The molecule has 0 spiro atoms. The summed E-state index contributed by atoms with van der Waals surface area (Å²) >= 11 is 8.06. The van der Waals surface area contributed by atoms with Gasteiger partial charge in [-0.3, -0.25) is 0 Å². The fourth-order valence-electron chi connectivity index (χ4n) is 0.690. The van der Waals surface area contributed by atoms with Crippen LogP contribution < -0.4 is 0 Å². The molecule has 0 aliphatic heterocycles. The van der Waals surface area contributed by atoms with Gasteiger partial charge in [-0.2, -0.15) is 17.6 Å². The van der Waals surface area contributed by atoms with Crippen LogP contribution in [0.5, 0.6) is 0 Å². The summed E-state index contributed by atoms with van der Waals surface area (Å²) in [5, 5.41) is 0. The van der Waals surface area contributed by atoms with E-state index >= 15 is 0 Å². The maximum atomic E-state index is 12.6. The lowest BCUT2D eigenvalue weighted by Crippen LogP contribution is -2.58. The summed E-state index contributed by atoms with van der Waals surface area (Å²) in [6.45, 7) is 0. The van der Waals surface area contributed by atoms with Gasteiger partial charge in [-0.1, -0.05) is 23.2 Å². The van der Waals surface area contributed by atoms with Gasteiger partial charge >= 0.3 is 16.4 Å². The third-order valence-corrected chi connectivity index (χ3v) is 2.12. The highest BCUT2D eigenvalue weighted by atomic mass is 35.5. The average molecular weight is 317 g/mol. The highest BCUT2D eigenvalue weighted by Gasteiger charge is 2.74. The highest BCUT2D eigenvalue weighted by molar-refractivity contribution is 6.47. The molecule has 0 rings (SSSR count). The van der Waals surface area contributed by atoms with Crippen LogP contribution in [-0.2, 0) is 0 Å². The van der Waals surface area contributed by atoms with Gasteiger partial charge in [0.2, 0.25) is 6.17 Å². The quantitative estimate of drug-likeness (QED) is 0.524. The second kappa shape index (κ2) is 4.91. The van der Waals surface area contributed by atoms with Crippen molar-refractivity contribution >= 4 is 23.2 Å². The third-order valence-electron chi connectivity index (χ3n) is 1.64. The maximum absolute atomic E-state index is 12.6. The lowest BCUT2D eigenvalue weighted by molar-refractivity contribution is -0.272. The number of hydrogen-bond acceptors (Lipinski definition) is 0. The molecule has 0 aromatic heterocycles. The van der Waals surface area contributed by atoms with Gasteiger partial charge < -0.3 is 0 Å². The minimum Gasteiger partial charge on any atom is -0.238 e. The molecule has 0 aliphatic rings. The Morgan fingerprint density at radius 1 is 0.765 bits per heavy atom. The summed E-state index contributed by atoms with van der Waals surface area (Å²) in [6.07, 6.45) is -13.2. The molecule has 104 valence electrons. The van der Waals surface area contributed by atoms with Gasteiger partial charge in [0, 0.05) is 0 Å². The van der Waals surface area contributed by atoms with E-state index in [9.17, 15) is 39.5 Å². The number of hydrogen-bond donors (Lipinski definition) is 0. The SMILES string of the molecule is FC(F)C(F)C(F)C(F)(F)C(F)(F)C(F)(Cl)Cl. The second-order valence-corrected chi connectivity index (χ2v) is 4.11. The van der Waals surface area contributed by atoms with Crippen molar-refractivity contribution in [3.05, 3.63) is 0 Å². The van der Waals surface area contributed by atoms with Crippen molar-refractivity contribution < 1.29 is 39.5 Å². The van der Waals surface area contributed by atoms with E-state index in [1.54, 1.807) is 0 Å². The summed E-state index contributed by atoms with van der Waals surface area (Å²) in [4.78, 5) is 0. The molecule has 17 heavy (non-hydrogen) atoms. The lowest BCUT2D eigenvalue weighted by atomic mass is 10.0. The molecular formula is C6H3Cl2F9. The van der Waals surface area contributed by atoms with Gasteiger partial charge in [0.05, 0.1) is 0 Å². The van der Waals surface area contributed by atoms with E-state index < -0.39 is 35.2 Å². The Hall–Kier alpha value is -0.0500. The first-order chi connectivity index (χ1) is 7.26. The van der Waals surface area contributed by atoms with Gasteiger partial charge in [-0.15, -0.1) is 0 Å². The topological polar surface area (TPSA) is 0 Å². The molecule has 0 saturated carbocycles. The van der Waals surface area contributed by atoms with E-state index in [2.05, 4.69) is 23.2 Å². The number of alkyl halides is 11. The molecule has 0 N–H and O–H groups in total. The van der Waals surface area contributed by atoms with Crippen LogP contribution in [0.2, 0.25) is 0 Å². The molecule has 0 aromatic carbocycles. The van der Waals surface area contributed by atoms with Gasteiger partial charge in [0.15, 0.2) is 6.17 Å². The molecule has 0 fully saturated rings. The van der Waals surface area contributed by atoms with Crippen LogP contribution in [0.1, 0.15) is 0 Å². The number of halogens is 11. The molecule has 0 amide bonds. The second-order valence-electron chi connectivity index (χ2n) is 2.88. The van der Waals surface area contributed by atoms with Crippen LogP contribution >= 0.6 is 23.2 Å². The van der Waals surface area contributed by atoms with E-state index in [-0.39, 0.29) is 0 Å². The molecule has 0 aliphatic carbocycles. The van der Waals surface area contributed by atoms with Crippen molar-refractivity contribution in [2.24, 2.45) is 0 Å². The van der Waals surface area contributed by atoms with Crippen molar-refractivity contribution in [2.75, 3.05) is 0 Å². The first-order valence-electron chi connectivity index (χ1n) is 3.65. The predicted molar refractivity (Wildman–Crippen MR) is 41.2 cm³/mol. The fraction of sp³-hybridized carbons (Fsp3) is 1.00. The Kier molecular flexibility index (Phi) is 4.89. The van der Waals surface area contributed by atoms with E-state index in [4.69, 9.17) is 0 Å². The van der Waals surface area contributed by atoms with Gasteiger partial charge in [0.1, 0.15) is 0 Å². The van der Waals surface area contributed by atoms with Crippen LogP contribution in [0.15, 0.2) is 0 Å². The van der Waals surface area contributed by atoms with E-state index in [1.165, 1.54) is 0 Å². The molecule has 0 bridgehead atoms. The Bertz CT molecular complexity index is 261. The molecule has 0 heterocycles. The first-order valence-corrected chi connectivity index (χ1v) is 4.41. The van der Waals surface area contributed by atoms with Crippen molar-refractivity contribution in [3.8, 4) is 0 Å². The van der Waals surface area contributed by atoms with Crippen LogP contribution in [-0.4, -0.2) is 35.2 Å². The van der Waals surface area contributed by atoms with Crippen LogP contribution in [0.4, 0.5) is 39.5 Å². The Balaban J connectivity index is 5.27. The molecule has 0 radical (unpaired) electrons. The minimum absolute atomic E-state index is 4.03. The highest BCUT2D eigenvalue weighted by Crippen LogP contribution is 2.52. The molecule has 11 heteroatoms. The number of rotatable bonds is 5. The van der Waals surface area contributed by atoms with Crippen molar-refractivity contribution in [2.45, 2.75) is 35.2 Å². The van der Waals surface area contributed by atoms with E-state index in [0.29, 0.717) is 0 Å². The molecule has 2 unspecified atom stereocenters. The van der Waals surface area contributed by atoms with Gasteiger partial charge in [-0.25, -0.2) is 22.0 Å². The summed E-state index contributed by atoms with van der Waals surface area (Å²) < 4.78 is 105.